The smallest absolute Gasteiger partial charge is 0.263 e. The first-order valence-corrected chi connectivity index (χ1v) is 14.8. The Morgan fingerprint density at radius 2 is 1.74 bits per heavy atom. The number of primary amides is 1. The van der Waals surface area contributed by atoms with Crippen LogP contribution < -0.4 is 5.73 Å². The summed E-state index contributed by atoms with van der Waals surface area (Å²) in [6.45, 7) is 6.12. The maximum Gasteiger partial charge on any atom is 0.263 e. The molecule has 3 aliphatic rings. The minimum atomic E-state index is -0.509. The van der Waals surface area contributed by atoms with E-state index in [0.29, 0.717) is 35.4 Å². The summed E-state index contributed by atoms with van der Waals surface area (Å²) in [5, 5.41) is 0.845. The highest BCUT2D eigenvalue weighted by molar-refractivity contribution is 8.16. The number of rotatable bonds is 7. The Morgan fingerprint density at radius 1 is 1.08 bits per heavy atom. The number of nitrogens with zero attached hydrogens (tertiary/aromatic N) is 2. The minimum absolute atomic E-state index is 0.0143. The number of benzene rings is 2. The SMILES string of the molecule is CC(CC1=NC(=O)C(C)(C2CCN(C3CCC(c4ccc(C(N)=O)cc4)CC3)CC2)S1)c1ccccc1F. The second-order valence-corrected chi connectivity index (χ2v) is 13.0. The lowest BCUT2D eigenvalue weighted by molar-refractivity contribution is -0.121. The molecule has 2 aliphatic heterocycles. The van der Waals surface area contributed by atoms with Gasteiger partial charge in [0.1, 0.15) is 10.6 Å². The number of halogens is 1. The molecule has 1 saturated carbocycles. The first kappa shape index (κ1) is 27.1. The number of piperidine rings is 1. The van der Waals surface area contributed by atoms with Gasteiger partial charge >= 0.3 is 0 Å². The number of amides is 2. The van der Waals surface area contributed by atoms with Crippen molar-refractivity contribution >= 4 is 28.6 Å². The summed E-state index contributed by atoms with van der Waals surface area (Å²) in [6, 6.07) is 15.3. The number of thioether (sulfide) groups is 1. The van der Waals surface area contributed by atoms with Crippen LogP contribution in [0.2, 0.25) is 0 Å². The van der Waals surface area contributed by atoms with E-state index in [1.54, 1.807) is 17.8 Å². The lowest BCUT2D eigenvalue weighted by Crippen LogP contribution is -2.48. The minimum Gasteiger partial charge on any atom is -0.366 e. The molecule has 5 rings (SSSR count). The number of carbonyl (C=O) groups excluding carboxylic acids is 2. The predicted octanol–water partition coefficient (Wildman–Crippen LogP) is 6.29. The van der Waals surface area contributed by atoms with Gasteiger partial charge in [0.05, 0.1) is 5.04 Å². The van der Waals surface area contributed by atoms with Crippen molar-refractivity contribution < 1.29 is 14.0 Å². The Morgan fingerprint density at radius 3 is 2.37 bits per heavy atom. The van der Waals surface area contributed by atoms with Crippen LogP contribution in [0.5, 0.6) is 0 Å². The van der Waals surface area contributed by atoms with Crippen molar-refractivity contribution in [1.29, 1.82) is 0 Å². The van der Waals surface area contributed by atoms with E-state index < -0.39 is 4.75 Å². The van der Waals surface area contributed by atoms with Crippen LogP contribution in [0, 0.1) is 11.7 Å². The molecule has 5 nitrogen and oxygen atoms in total. The third kappa shape index (κ3) is 5.59. The third-order valence-corrected chi connectivity index (χ3v) is 10.5. The number of carbonyl (C=O) groups is 2. The van der Waals surface area contributed by atoms with Gasteiger partial charge in [0.15, 0.2) is 0 Å². The average molecular weight is 536 g/mol. The number of likely N-dealkylation sites (tertiary alicyclic amines) is 1. The fourth-order valence-electron chi connectivity index (χ4n) is 6.64. The Balaban J connectivity index is 1.11. The van der Waals surface area contributed by atoms with Gasteiger partial charge in [-0.1, -0.05) is 49.0 Å². The van der Waals surface area contributed by atoms with Gasteiger partial charge in [0, 0.05) is 18.0 Å². The quantitative estimate of drug-likeness (QED) is 0.452. The average Bonchev–Trinajstić information content (AvgIpc) is 3.22. The zero-order chi connectivity index (χ0) is 26.9. The van der Waals surface area contributed by atoms with Crippen molar-refractivity contribution in [1.82, 2.24) is 4.90 Å². The third-order valence-electron chi connectivity index (χ3n) is 9.09. The van der Waals surface area contributed by atoms with Crippen LogP contribution in [0.15, 0.2) is 53.5 Å². The second-order valence-electron chi connectivity index (χ2n) is 11.4. The first-order chi connectivity index (χ1) is 18.2. The summed E-state index contributed by atoms with van der Waals surface area (Å²) < 4.78 is 13.7. The number of aliphatic imine (C=N–C) groups is 1. The zero-order valence-corrected chi connectivity index (χ0v) is 23.2. The van der Waals surface area contributed by atoms with Crippen LogP contribution in [0.25, 0.3) is 0 Å². The topological polar surface area (TPSA) is 75.8 Å². The maximum absolute atomic E-state index is 14.2. The molecule has 2 heterocycles. The van der Waals surface area contributed by atoms with E-state index in [1.807, 2.05) is 31.2 Å². The van der Waals surface area contributed by atoms with Crippen molar-refractivity contribution in [3.63, 3.8) is 0 Å². The summed E-state index contributed by atoms with van der Waals surface area (Å²) in [5.41, 5.74) is 7.93. The van der Waals surface area contributed by atoms with Crippen LogP contribution in [-0.4, -0.2) is 45.6 Å². The summed E-state index contributed by atoms with van der Waals surface area (Å²) in [5.74, 6) is 0.242. The first-order valence-electron chi connectivity index (χ1n) is 13.9. The fourth-order valence-corrected chi connectivity index (χ4v) is 8.12. The van der Waals surface area contributed by atoms with Crippen LogP contribution in [0.3, 0.4) is 0 Å². The van der Waals surface area contributed by atoms with Crippen LogP contribution in [-0.2, 0) is 4.79 Å². The molecule has 0 radical (unpaired) electrons. The molecule has 0 aromatic heterocycles. The molecule has 2 unspecified atom stereocenters. The standard InChI is InChI=1S/C31H38FN3O2S/c1-20(26-5-3-4-6-27(26)32)19-28-34-30(37)31(2,38-28)24-15-17-35(18-16-24)25-13-11-22(12-14-25)21-7-9-23(10-8-21)29(33)36/h3-10,20,22,24-25H,11-19H2,1-2H3,(H2,33,36). The van der Waals surface area contributed by atoms with Crippen molar-refractivity contribution in [2.24, 2.45) is 16.6 Å². The molecule has 0 bridgehead atoms. The van der Waals surface area contributed by atoms with Crippen LogP contribution >= 0.6 is 11.8 Å². The van der Waals surface area contributed by atoms with E-state index in [0.717, 1.165) is 43.8 Å². The monoisotopic (exact) mass is 535 g/mol. The number of nitrogens with two attached hydrogens (primary N) is 1. The molecule has 2 N–H and O–H groups in total. The summed E-state index contributed by atoms with van der Waals surface area (Å²) in [6.07, 6.45) is 7.29. The van der Waals surface area contributed by atoms with Gasteiger partial charge < -0.3 is 10.6 Å². The lowest BCUT2D eigenvalue weighted by Gasteiger charge is -2.43. The number of hydrogen-bond donors (Lipinski definition) is 1. The van der Waals surface area contributed by atoms with E-state index >= 15 is 0 Å². The van der Waals surface area contributed by atoms with E-state index in [4.69, 9.17) is 5.73 Å². The van der Waals surface area contributed by atoms with Gasteiger partial charge in [-0.05, 0) is 106 Å². The molecule has 2 amide bonds. The van der Waals surface area contributed by atoms with Gasteiger partial charge in [0.25, 0.3) is 5.91 Å². The highest BCUT2D eigenvalue weighted by atomic mass is 32.2. The van der Waals surface area contributed by atoms with Gasteiger partial charge in [-0.25, -0.2) is 9.38 Å². The summed E-state index contributed by atoms with van der Waals surface area (Å²) >= 11 is 1.62. The largest absolute Gasteiger partial charge is 0.366 e. The fraction of sp³-hybridized carbons (Fsp3) is 0.516. The molecular formula is C31H38FN3O2S. The van der Waals surface area contributed by atoms with Crippen LogP contribution in [0.4, 0.5) is 4.39 Å². The van der Waals surface area contributed by atoms with E-state index in [2.05, 4.69) is 28.9 Å². The number of hydrogen-bond acceptors (Lipinski definition) is 4. The molecule has 7 heteroatoms. The van der Waals surface area contributed by atoms with Crippen LogP contribution in [0.1, 0.15) is 92.1 Å². The van der Waals surface area contributed by atoms with E-state index in [1.165, 1.54) is 24.5 Å². The van der Waals surface area contributed by atoms with Crippen molar-refractivity contribution in [3.8, 4) is 0 Å². The highest BCUT2D eigenvalue weighted by Gasteiger charge is 2.48. The predicted molar refractivity (Wildman–Crippen MR) is 152 cm³/mol. The Bertz CT molecular complexity index is 1200. The summed E-state index contributed by atoms with van der Waals surface area (Å²) in [7, 11) is 0. The molecule has 1 aliphatic carbocycles. The molecule has 202 valence electrons. The molecule has 38 heavy (non-hydrogen) atoms. The maximum atomic E-state index is 14.2. The molecule has 2 aromatic rings. The Kier molecular flexibility index (Phi) is 8.06. The van der Waals surface area contributed by atoms with E-state index in [-0.39, 0.29) is 23.5 Å². The molecule has 0 spiro atoms. The molecule has 2 atom stereocenters. The normalized spacial score (nSPS) is 27.8. The van der Waals surface area contributed by atoms with Gasteiger partial charge in [-0.15, -0.1) is 0 Å². The van der Waals surface area contributed by atoms with Crippen molar-refractivity contribution in [2.75, 3.05) is 13.1 Å². The van der Waals surface area contributed by atoms with Gasteiger partial charge in [-0.2, -0.15) is 0 Å². The molecule has 2 fully saturated rings. The zero-order valence-electron chi connectivity index (χ0n) is 22.4. The summed E-state index contributed by atoms with van der Waals surface area (Å²) in [4.78, 5) is 31.5. The molecular weight excluding hydrogens is 497 g/mol. The van der Waals surface area contributed by atoms with Gasteiger partial charge in [-0.3, -0.25) is 9.59 Å². The van der Waals surface area contributed by atoms with Crippen molar-refractivity contribution in [3.05, 3.63) is 71.0 Å². The Labute approximate surface area is 229 Å². The highest BCUT2D eigenvalue weighted by Crippen LogP contribution is 2.47. The van der Waals surface area contributed by atoms with E-state index in [9.17, 15) is 14.0 Å². The Hall–Kier alpha value is -2.51. The lowest BCUT2D eigenvalue weighted by atomic mass is 9.79. The van der Waals surface area contributed by atoms with Crippen molar-refractivity contribution in [2.45, 2.75) is 81.4 Å². The van der Waals surface area contributed by atoms with Gasteiger partial charge in [0.2, 0.25) is 5.91 Å². The molecule has 2 aromatic carbocycles. The molecule has 1 saturated heterocycles. The second kappa shape index (κ2) is 11.3.